The number of piperidine rings is 1. The van der Waals surface area contributed by atoms with E-state index in [0.29, 0.717) is 25.1 Å². The van der Waals surface area contributed by atoms with E-state index in [4.69, 9.17) is 4.74 Å². The fourth-order valence-corrected chi connectivity index (χ4v) is 6.31. The number of hydrogen-bond acceptors (Lipinski definition) is 4. The van der Waals surface area contributed by atoms with Crippen LogP contribution in [0.15, 0.2) is 41.3 Å². The average Bonchev–Trinajstić information content (AvgIpc) is 2.74. The zero-order valence-electron chi connectivity index (χ0n) is 18.3. The van der Waals surface area contributed by atoms with Crippen LogP contribution < -0.4 is 10.1 Å². The number of aryl methyl sites for hydroxylation is 2. The second kappa shape index (κ2) is 8.63. The van der Waals surface area contributed by atoms with Gasteiger partial charge in [0.25, 0.3) is 5.91 Å². The molecule has 2 atom stereocenters. The molecule has 0 aliphatic carbocycles. The maximum absolute atomic E-state index is 13.0. The number of nitrogens with zero attached hydrogens (tertiary/aromatic N) is 1. The van der Waals surface area contributed by atoms with E-state index in [1.807, 2.05) is 20.8 Å². The molecule has 0 bridgehead atoms. The minimum Gasteiger partial charge on any atom is -0.493 e. The van der Waals surface area contributed by atoms with Crippen molar-refractivity contribution in [1.29, 1.82) is 0 Å². The van der Waals surface area contributed by atoms with Crippen molar-refractivity contribution in [3.05, 3.63) is 58.7 Å². The van der Waals surface area contributed by atoms with Gasteiger partial charge in [-0.2, -0.15) is 4.31 Å². The first kappa shape index (κ1) is 21.8. The molecule has 1 saturated heterocycles. The van der Waals surface area contributed by atoms with E-state index < -0.39 is 10.0 Å². The van der Waals surface area contributed by atoms with Gasteiger partial charge in [0.1, 0.15) is 5.75 Å². The highest BCUT2D eigenvalue weighted by Gasteiger charge is 2.31. The lowest BCUT2D eigenvalue weighted by Gasteiger charge is -2.32. The van der Waals surface area contributed by atoms with E-state index in [1.165, 1.54) is 12.1 Å². The molecule has 2 aromatic carbocycles. The van der Waals surface area contributed by atoms with Crippen molar-refractivity contribution in [2.75, 3.05) is 13.2 Å². The lowest BCUT2D eigenvalue weighted by molar-refractivity contribution is 0.0924. The fraction of sp³-hybridized carbons (Fsp3) is 0.458. The second-order valence-corrected chi connectivity index (χ2v) is 10.5. The normalized spacial score (nSPS) is 21.8. The molecule has 2 heterocycles. The van der Waals surface area contributed by atoms with Gasteiger partial charge < -0.3 is 10.1 Å². The van der Waals surface area contributed by atoms with Crippen LogP contribution in [0.25, 0.3) is 0 Å². The summed E-state index contributed by atoms with van der Waals surface area (Å²) in [5.74, 6) is 0.631. The van der Waals surface area contributed by atoms with Gasteiger partial charge in [-0.1, -0.05) is 24.1 Å². The van der Waals surface area contributed by atoms with Gasteiger partial charge in [0.2, 0.25) is 10.0 Å². The van der Waals surface area contributed by atoms with E-state index in [-0.39, 0.29) is 22.9 Å². The lowest BCUT2D eigenvalue weighted by atomic mass is 9.95. The molecule has 2 aliphatic heterocycles. The summed E-state index contributed by atoms with van der Waals surface area (Å²) in [5.41, 5.74) is 3.64. The molecule has 2 unspecified atom stereocenters. The molecule has 0 aromatic heterocycles. The highest BCUT2D eigenvalue weighted by molar-refractivity contribution is 7.89. The largest absolute Gasteiger partial charge is 0.493 e. The number of sulfonamides is 1. The van der Waals surface area contributed by atoms with Gasteiger partial charge in [0.05, 0.1) is 17.5 Å². The third-order valence-electron chi connectivity index (χ3n) is 6.25. The van der Waals surface area contributed by atoms with Crippen molar-refractivity contribution in [3.8, 4) is 5.75 Å². The Labute approximate surface area is 184 Å². The predicted molar refractivity (Wildman–Crippen MR) is 120 cm³/mol. The number of rotatable bonds is 4. The van der Waals surface area contributed by atoms with Gasteiger partial charge in [-0.3, -0.25) is 4.79 Å². The molecule has 1 fully saturated rings. The van der Waals surface area contributed by atoms with Gasteiger partial charge >= 0.3 is 0 Å². The zero-order valence-corrected chi connectivity index (χ0v) is 19.2. The Morgan fingerprint density at radius 1 is 1.10 bits per heavy atom. The predicted octanol–water partition coefficient (Wildman–Crippen LogP) is 4.12. The number of nitrogens with one attached hydrogen (secondary N) is 1. The standard InChI is InChI=1S/C24H30N2O4S/c1-16-14-17(2)23-21(15-16)22(11-13-30-23)25-24(27)19-7-9-20(10-8-19)31(28,29)26-12-5-4-6-18(26)3/h7-10,14-15,18,22H,4-6,11-13H2,1-3H3,(H,25,27). The number of carbonyl (C=O) groups is 1. The molecule has 0 saturated carbocycles. The maximum Gasteiger partial charge on any atom is 0.251 e. The maximum atomic E-state index is 13.0. The molecule has 0 radical (unpaired) electrons. The van der Waals surface area contributed by atoms with Crippen molar-refractivity contribution in [2.24, 2.45) is 0 Å². The Hall–Kier alpha value is -2.38. The van der Waals surface area contributed by atoms with Crippen molar-refractivity contribution < 1.29 is 17.9 Å². The summed E-state index contributed by atoms with van der Waals surface area (Å²) in [7, 11) is -3.55. The van der Waals surface area contributed by atoms with Crippen LogP contribution in [0, 0.1) is 13.8 Å². The highest BCUT2D eigenvalue weighted by atomic mass is 32.2. The molecule has 166 valence electrons. The summed E-state index contributed by atoms with van der Waals surface area (Å²) >= 11 is 0. The monoisotopic (exact) mass is 442 g/mol. The van der Waals surface area contributed by atoms with Crippen LogP contribution in [-0.2, 0) is 10.0 Å². The van der Waals surface area contributed by atoms with Crippen LogP contribution >= 0.6 is 0 Å². The average molecular weight is 443 g/mol. The van der Waals surface area contributed by atoms with Gasteiger partial charge in [0.15, 0.2) is 0 Å². The Kier molecular flexibility index (Phi) is 6.08. The van der Waals surface area contributed by atoms with Crippen molar-refractivity contribution in [1.82, 2.24) is 9.62 Å². The van der Waals surface area contributed by atoms with Crippen LogP contribution in [0.2, 0.25) is 0 Å². The first-order chi connectivity index (χ1) is 14.8. The quantitative estimate of drug-likeness (QED) is 0.773. The number of fused-ring (bicyclic) bond motifs is 1. The summed E-state index contributed by atoms with van der Waals surface area (Å²) in [5, 5.41) is 3.10. The molecule has 0 spiro atoms. The van der Waals surface area contributed by atoms with E-state index in [9.17, 15) is 13.2 Å². The van der Waals surface area contributed by atoms with Crippen LogP contribution in [0.3, 0.4) is 0 Å². The Bertz CT molecular complexity index is 1080. The van der Waals surface area contributed by atoms with E-state index in [0.717, 1.165) is 41.7 Å². The van der Waals surface area contributed by atoms with E-state index in [2.05, 4.69) is 17.4 Å². The first-order valence-corrected chi connectivity index (χ1v) is 12.4. The molecule has 6 nitrogen and oxygen atoms in total. The van der Waals surface area contributed by atoms with E-state index in [1.54, 1.807) is 16.4 Å². The summed E-state index contributed by atoms with van der Waals surface area (Å²) in [6, 6.07) is 10.3. The summed E-state index contributed by atoms with van der Waals surface area (Å²) < 4.78 is 33.4. The highest BCUT2D eigenvalue weighted by Crippen LogP contribution is 2.36. The minimum atomic E-state index is -3.55. The summed E-state index contributed by atoms with van der Waals surface area (Å²) in [6.45, 7) is 7.09. The smallest absolute Gasteiger partial charge is 0.251 e. The molecule has 4 rings (SSSR count). The Balaban J connectivity index is 1.51. The Morgan fingerprint density at radius 2 is 1.84 bits per heavy atom. The number of carbonyl (C=O) groups excluding carboxylic acids is 1. The SMILES string of the molecule is Cc1cc(C)c2c(c1)C(NC(=O)c1ccc(S(=O)(=O)N3CCCCC3C)cc1)CCO2. The van der Waals surface area contributed by atoms with Gasteiger partial charge in [-0.25, -0.2) is 8.42 Å². The number of ether oxygens (including phenoxy) is 1. The van der Waals surface area contributed by atoms with Crippen LogP contribution in [0.1, 0.15) is 65.7 Å². The van der Waals surface area contributed by atoms with Crippen molar-refractivity contribution in [3.63, 3.8) is 0 Å². The zero-order chi connectivity index (χ0) is 22.2. The van der Waals surface area contributed by atoms with Gasteiger partial charge in [0, 0.05) is 30.1 Å². The number of benzene rings is 2. The molecule has 1 amide bonds. The topological polar surface area (TPSA) is 75.7 Å². The molecule has 2 aliphatic rings. The fourth-order valence-electron chi connectivity index (χ4n) is 4.61. The van der Waals surface area contributed by atoms with Crippen LogP contribution in [-0.4, -0.2) is 37.8 Å². The van der Waals surface area contributed by atoms with E-state index >= 15 is 0 Å². The molecular formula is C24H30N2O4S. The van der Waals surface area contributed by atoms with Crippen LogP contribution in [0.4, 0.5) is 0 Å². The summed E-state index contributed by atoms with van der Waals surface area (Å²) in [6.07, 6.45) is 3.52. The molecule has 31 heavy (non-hydrogen) atoms. The van der Waals surface area contributed by atoms with Crippen molar-refractivity contribution >= 4 is 15.9 Å². The number of amides is 1. The van der Waals surface area contributed by atoms with Crippen LogP contribution in [0.5, 0.6) is 5.75 Å². The van der Waals surface area contributed by atoms with Gasteiger partial charge in [-0.15, -0.1) is 0 Å². The van der Waals surface area contributed by atoms with Gasteiger partial charge in [-0.05, 0) is 63.4 Å². The van der Waals surface area contributed by atoms with Crippen molar-refractivity contribution in [2.45, 2.75) is 63.4 Å². The Morgan fingerprint density at radius 3 is 2.55 bits per heavy atom. The first-order valence-electron chi connectivity index (χ1n) is 10.9. The third kappa shape index (κ3) is 4.34. The molecular weight excluding hydrogens is 412 g/mol. The third-order valence-corrected chi connectivity index (χ3v) is 8.27. The molecule has 2 aromatic rings. The molecule has 1 N–H and O–H groups in total. The number of hydrogen-bond donors (Lipinski definition) is 1. The lowest BCUT2D eigenvalue weighted by Crippen LogP contribution is -2.41. The summed E-state index contributed by atoms with van der Waals surface area (Å²) in [4.78, 5) is 13.1. The molecule has 7 heteroatoms. The second-order valence-electron chi connectivity index (χ2n) is 8.65. The minimum absolute atomic E-state index is 0.00206.